The first kappa shape index (κ1) is 22.2. The lowest BCUT2D eigenvalue weighted by Crippen LogP contribution is -2.60. The summed E-state index contributed by atoms with van der Waals surface area (Å²) in [7, 11) is -3.91. The molecule has 4 rings (SSSR count). The van der Waals surface area contributed by atoms with Gasteiger partial charge in [0.15, 0.2) is 0 Å². The van der Waals surface area contributed by atoms with Crippen molar-refractivity contribution in [3.63, 3.8) is 0 Å². The quantitative estimate of drug-likeness (QED) is 0.560. The summed E-state index contributed by atoms with van der Waals surface area (Å²) in [4.78, 5) is 16.5. The van der Waals surface area contributed by atoms with Crippen LogP contribution in [0.4, 0.5) is 15.8 Å². The number of anilines is 2. The predicted octanol–water partition coefficient (Wildman–Crippen LogP) is 1.83. The summed E-state index contributed by atoms with van der Waals surface area (Å²) in [6, 6.07) is 4.03. The van der Waals surface area contributed by atoms with E-state index in [1.807, 2.05) is 0 Å². The van der Waals surface area contributed by atoms with E-state index in [0.29, 0.717) is 24.2 Å². The minimum atomic E-state index is -3.91. The van der Waals surface area contributed by atoms with Gasteiger partial charge in [-0.05, 0) is 39.2 Å². The number of halogens is 1. The van der Waals surface area contributed by atoms with Crippen molar-refractivity contribution in [2.75, 3.05) is 23.3 Å². The van der Waals surface area contributed by atoms with E-state index in [4.69, 9.17) is 10.00 Å². The molecule has 0 spiro atoms. The van der Waals surface area contributed by atoms with Crippen molar-refractivity contribution < 1.29 is 22.3 Å². The average Bonchev–Trinajstić information content (AvgIpc) is 2.97. The van der Waals surface area contributed by atoms with Crippen molar-refractivity contribution >= 4 is 27.5 Å². The van der Waals surface area contributed by atoms with Gasteiger partial charge >= 0.3 is 0 Å². The molecule has 2 aliphatic heterocycles. The molecule has 3 N–H and O–H groups in total. The Bertz CT molecular complexity index is 1230. The molecule has 0 aliphatic carbocycles. The highest BCUT2D eigenvalue weighted by atomic mass is 32.2. The Morgan fingerprint density at radius 3 is 2.75 bits per heavy atom. The highest BCUT2D eigenvalue weighted by Gasteiger charge is 2.38. The number of nitrogens with zero attached hydrogens (tertiary/aromatic N) is 3. The summed E-state index contributed by atoms with van der Waals surface area (Å²) in [5, 5.41) is 11.6. The van der Waals surface area contributed by atoms with Gasteiger partial charge in [0, 0.05) is 29.6 Å². The molecule has 0 saturated carbocycles. The Morgan fingerprint density at radius 2 is 2.09 bits per heavy atom. The van der Waals surface area contributed by atoms with Crippen molar-refractivity contribution in [3.8, 4) is 6.07 Å². The fourth-order valence-corrected chi connectivity index (χ4v) is 5.43. The van der Waals surface area contributed by atoms with Crippen LogP contribution in [0.2, 0.25) is 0 Å². The zero-order valence-corrected chi connectivity index (χ0v) is 18.5. The van der Waals surface area contributed by atoms with Gasteiger partial charge in [-0.1, -0.05) is 0 Å². The number of rotatable bonds is 6. The van der Waals surface area contributed by atoms with E-state index in [-0.39, 0.29) is 30.3 Å². The molecular formula is C20H23FN6O4S. The summed E-state index contributed by atoms with van der Waals surface area (Å²) in [5.74, 6) is -1.42. The van der Waals surface area contributed by atoms with Crippen LogP contribution in [0.5, 0.6) is 0 Å². The van der Waals surface area contributed by atoms with Gasteiger partial charge < -0.3 is 14.6 Å². The van der Waals surface area contributed by atoms with Crippen molar-refractivity contribution in [3.05, 3.63) is 40.7 Å². The third-order valence-electron chi connectivity index (χ3n) is 5.50. The molecule has 1 amide bonds. The highest BCUT2D eigenvalue weighted by Crippen LogP contribution is 2.34. The Kier molecular flexibility index (Phi) is 5.66. The maximum atomic E-state index is 13.7. The number of fused-ring (bicyclic) bond motifs is 1. The molecule has 1 saturated heterocycles. The van der Waals surface area contributed by atoms with Gasteiger partial charge in [-0.3, -0.25) is 9.52 Å². The van der Waals surface area contributed by atoms with Crippen LogP contribution in [-0.4, -0.2) is 42.6 Å². The molecule has 0 unspecified atom stereocenters. The van der Waals surface area contributed by atoms with Gasteiger partial charge in [0.2, 0.25) is 5.95 Å². The topological polar surface area (TPSA) is 138 Å². The van der Waals surface area contributed by atoms with Gasteiger partial charge in [0.1, 0.15) is 17.5 Å². The Morgan fingerprint density at radius 1 is 1.34 bits per heavy atom. The molecule has 170 valence electrons. The monoisotopic (exact) mass is 462 g/mol. The number of carbonyl (C=O) groups is 1. The van der Waals surface area contributed by atoms with Crippen LogP contribution in [-0.2, 0) is 27.9 Å². The SMILES string of the molecule is Cc1c(NS(=O)(=O)NC2(C)COC2)c2n(c1C(=O)Nc1cc(F)nc(C#N)c1)CCCC2. The van der Waals surface area contributed by atoms with Gasteiger partial charge in [0.25, 0.3) is 16.1 Å². The molecule has 1 fully saturated rings. The number of pyridine rings is 1. The highest BCUT2D eigenvalue weighted by molar-refractivity contribution is 7.90. The van der Waals surface area contributed by atoms with E-state index in [1.165, 1.54) is 6.07 Å². The molecule has 2 aromatic rings. The van der Waals surface area contributed by atoms with E-state index in [1.54, 1.807) is 24.5 Å². The third-order valence-corrected chi connectivity index (χ3v) is 6.73. The van der Waals surface area contributed by atoms with E-state index in [9.17, 15) is 17.6 Å². The molecule has 32 heavy (non-hydrogen) atoms. The molecule has 10 nitrogen and oxygen atoms in total. The molecule has 4 heterocycles. The number of ether oxygens (including phenoxy) is 1. The van der Waals surface area contributed by atoms with Gasteiger partial charge in [-0.15, -0.1) is 0 Å². The molecule has 2 aliphatic rings. The zero-order chi connectivity index (χ0) is 23.1. The molecule has 0 bridgehead atoms. The van der Waals surface area contributed by atoms with Gasteiger partial charge in [-0.25, -0.2) is 4.98 Å². The lowest BCUT2D eigenvalue weighted by molar-refractivity contribution is -0.0522. The van der Waals surface area contributed by atoms with Gasteiger partial charge in [-0.2, -0.15) is 22.8 Å². The molecule has 0 aromatic carbocycles. The normalized spacial score (nSPS) is 17.1. The summed E-state index contributed by atoms with van der Waals surface area (Å²) in [6.07, 6.45) is 2.30. The van der Waals surface area contributed by atoms with E-state index in [0.717, 1.165) is 24.6 Å². The van der Waals surface area contributed by atoms with Crippen LogP contribution in [0.25, 0.3) is 0 Å². The van der Waals surface area contributed by atoms with Crippen LogP contribution < -0.4 is 14.8 Å². The second kappa shape index (κ2) is 8.16. The largest absolute Gasteiger partial charge is 0.377 e. The number of nitriles is 1. The summed E-state index contributed by atoms with van der Waals surface area (Å²) < 4.78 is 51.3. The molecule has 2 aromatic heterocycles. The number of amides is 1. The Hall–Kier alpha value is -3.01. The Balaban J connectivity index is 1.66. The smallest absolute Gasteiger partial charge is 0.299 e. The first-order valence-electron chi connectivity index (χ1n) is 10.1. The van der Waals surface area contributed by atoms with Crippen LogP contribution in [0.15, 0.2) is 12.1 Å². The number of aromatic nitrogens is 2. The third kappa shape index (κ3) is 4.32. The first-order chi connectivity index (χ1) is 15.1. The van der Waals surface area contributed by atoms with E-state index >= 15 is 0 Å². The van der Waals surface area contributed by atoms with Gasteiger partial charge in [0.05, 0.1) is 24.4 Å². The second-order valence-electron chi connectivity index (χ2n) is 8.29. The average molecular weight is 463 g/mol. The number of carbonyl (C=O) groups excluding carboxylic acids is 1. The van der Waals surface area contributed by atoms with E-state index < -0.39 is 27.6 Å². The van der Waals surface area contributed by atoms with Crippen LogP contribution in [0, 0.1) is 24.2 Å². The minimum absolute atomic E-state index is 0.0894. The maximum Gasteiger partial charge on any atom is 0.299 e. The van der Waals surface area contributed by atoms with Crippen LogP contribution >= 0.6 is 0 Å². The zero-order valence-electron chi connectivity index (χ0n) is 17.7. The summed E-state index contributed by atoms with van der Waals surface area (Å²) in [5.41, 5.74) is 1.08. The van der Waals surface area contributed by atoms with Crippen molar-refractivity contribution in [1.29, 1.82) is 5.26 Å². The van der Waals surface area contributed by atoms with Crippen LogP contribution in [0.3, 0.4) is 0 Å². The molecule has 0 atom stereocenters. The lowest BCUT2D eigenvalue weighted by atomic mass is 10.0. The predicted molar refractivity (Wildman–Crippen MR) is 114 cm³/mol. The minimum Gasteiger partial charge on any atom is -0.377 e. The van der Waals surface area contributed by atoms with Crippen molar-refractivity contribution in [2.45, 2.75) is 45.2 Å². The fraction of sp³-hybridized carbons (Fsp3) is 0.450. The molecule has 12 heteroatoms. The number of hydrogen-bond acceptors (Lipinski definition) is 6. The van der Waals surface area contributed by atoms with Crippen LogP contribution in [0.1, 0.15) is 47.2 Å². The second-order valence-corrected chi connectivity index (χ2v) is 9.71. The van der Waals surface area contributed by atoms with Crippen molar-refractivity contribution in [1.82, 2.24) is 14.3 Å². The van der Waals surface area contributed by atoms with E-state index in [2.05, 4.69) is 19.7 Å². The molecular weight excluding hydrogens is 439 g/mol. The number of nitrogens with one attached hydrogen (secondary N) is 3. The lowest BCUT2D eigenvalue weighted by Gasteiger charge is -2.38. The fourth-order valence-electron chi connectivity index (χ4n) is 4.07. The van der Waals surface area contributed by atoms with Crippen molar-refractivity contribution in [2.24, 2.45) is 0 Å². The first-order valence-corrected chi connectivity index (χ1v) is 11.6. The maximum absolute atomic E-state index is 13.7. The standard InChI is InChI=1S/C20H23FN6O4S/c1-12-17(25-32(29,30)26-20(2)10-31-11-20)15-5-3-4-6-27(15)18(12)19(28)24-13-7-14(9-22)23-16(21)8-13/h7-8,25-26H,3-6,10-11H2,1-2H3,(H,23,24,28). The Labute approximate surface area is 185 Å². The summed E-state index contributed by atoms with van der Waals surface area (Å²) >= 11 is 0. The summed E-state index contributed by atoms with van der Waals surface area (Å²) in [6.45, 7) is 4.52. The number of hydrogen-bond donors (Lipinski definition) is 3. The molecule has 0 radical (unpaired) electrons.